The van der Waals surface area contributed by atoms with Crippen LogP contribution in [0, 0.1) is 0 Å². The van der Waals surface area contributed by atoms with E-state index in [2.05, 4.69) is 4.90 Å². The van der Waals surface area contributed by atoms with Gasteiger partial charge in [0.05, 0.1) is 25.3 Å². The molecule has 0 unspecified atom stereocenters. The van der Waals surface area contributed by atoms with Gasteiger partial charge in [-0.2, -0.15) is 0 Å². The molecule has 26 heavy (non-hydrogen) atoms. The summed E-state index contributed by atoms with van der Waals surface area (Å²) >= 11 is 0. The van der Waals surface area contributed by atoms with Crippen molar-refractivity contribution in [1.82, 2.24) is 4.90 Å². The number of benzene rings is 2. The lowest BCUT2D eigenvalue weighted by atomic mass is 10.0. The first-order valence-electron chi connectivity index (χ1n) is 9.19. The number of amides is 1. The van der Waals surface area contributed by atoms with Gasteiger partial charge in [0.2, 0.25) is 0 Å². The Kier molecular flexibility index (Phi) is 6.12. The molecule has 0 radical (unpaired) electrons. The van der Waals surface area contributed by atoms with E-state index in [1.807, 2.05) is 60.7 Å². The molecule has 0 saturated carbocycles. The van der Waals surface area contributed by atoms with Crippen LogP contribution in [0.4, 0.5) is 16.2 Å². The maximum absolute atomic E-state index is 12.1. The van der Waals surface area contributed by atoms with Crippen molar-refractivity contribution in [2.24, 2.45) is 0 Å². The van der Waals surface area contributed by atoms with Gasteiger partial charge < -0.3 is 19.6 Å². The molecule has 1 aliphatic rings. The number of β-amino-alcohol motifs (C(OH)–C–C–N with tert-alkyl or cyclic N) is 1. The Morgan fingerprint density at radius 2 is 1.69 bits per heavy atom. The van der Waals surface area contributed by atoms with Gasteiger partial charge in [-0.05, 0) is 44.0 Å². The van der Waals surface area contributed by atoms with Crippen LogP contribution in [0.3, 0.4) is 0 Å². The van der Waals surface area contributed by atoms with E-state index in [0.29, 0.717) is 13.2 Å². The molecule has 2 aromatic carbocycles. The van der Waals surface area contributed by atoms with Crippen LogP contribution in [-0.4, -0.2) is 47.9 Å². The molecule has 5 nitrogen and oxygen atoms in total. The Morgan fingerprint density at radius 1 is 1.12 bits per heavy atom. The van der Waals surface area contributed by atoms with E-state index in [4.69, 9.17) is 4.74 Å². The Hall–Kier alpha value is -2.53. The van der Waals surface area contributed by atoms with Crippen LogP contribution in [0.1, 0.15) is 19.8 Å². The number of carbonyl (C=O) groups excluding carboxylic acids is 1. The van der Waals surface area contributed by atoms with Gasteiger partial charge in [0.15, 0.2) is 0 Å². The van der Waals surface area contributed by atoms with Crippen LogP contribution in [0.2, 0.25) is 0 Å². The van der Waals surface area contributed by atoms with Crippen molar-refractivity contribution < 1.29 is 14.6 Å². The molecule has 1 saturated heterocycles. The van der Waals surface area contributed by atoms with Crippen molar-refractivity contribution in [2.45, 2.75) is 31.9 Å². The quantitative estimate of drug-likeness (QED) is 0.907. The van der Waals surface area contributed by atoms with E-state index in [1.54, 1.807) is 11.8 Å². The SMILES string of the molecule is CCOC(=O)N1CCC[C@@H](N(c2ccccc2)c2ccccc2)[C@@H](O)C1. The maximum Gasteiger partial charge on any atom is 0.409 e. The van der Waals surface area contributed by atoms with Crippen LogP contribution in [0.25, 0.3) is 0 Å². The topological polar surface area (TPSA) is 53.0 Å². The van der Waals surface area contributed by atoms with E-state index < -0.39 is 6.10 Å². The summed E-state index contributed by atoms with van der Waals surface area (Å²) in [6.07, 6.45) is 0.595. The zero-order chi connectivity index (χ0) is 18.4. The summed E-state index contributed by atoms with van der Waals surface area (Å²) in [4.78, 5) is 15.9. The third-order valence-corrected chi connectivity index (χ3v) is 4.71. The Labute approximate surface area is 154 Å². The van der Waals surface area contributed by atoms with Gasteiger partial charge in [0.1, 0.15) is 0 Å². The molecule has 1 N–H and O–H groups in total. The number of para-hydroxylation sites is 2. The van der Waals surface area contributed by atoms with Gasteiger partial charge in [-0.1, -0.05) is 36.4 Å². The second kappa shape index (κ2) is 8.72. The number of hydrogen-bond acceptors (Lipinski definition) is 4. The zero-order valence-corrected chi connectivity index (χ0v) is 15.1. The van der Waals surface area contributed by atoms with Crippen LogP contribution in [0.15, 0.2) is 60.7 Å². The molecular weight excluding hydrogens is 328 g/mol. The fraction of sp³-hybridized carbons (Fsp3) is 0.381. The molecule has 2 atom stereocenters. The largest absolute Gasteiger partial charge is 0.450 e. The maximum atomic E-state index is 12.1. The molecule has 1 fully saturated rings. The second-order valence-corrected chi connectivity index (χ2v) is 6.46. The highest BCUT2D eigenvalue weighted by molar-refractivity contribution is 5.68. The number of hydrogen-bond donors (Lipinski definition) is 1. The van der Waals surface area contributed by atoms with Crippen molar-refractivity contribution in [2.75, 3.05) is 24.6 Å². The highest BCUT2D eigenvalue weighted by Crippen LogP contribution is 2.32. The van der Waals surface area contributed by atoms with E-state index >= 15 is 0 Å². The van der Waals surface area contributed by atoms with Gasteiger partial charge in [0.25, 0.3) is 0 Å². The summed E-state index contributed by atoms with van der Waals surface area (Å²) in [6, 6.07) is 20.1. The summed E-state index contributed by atoms with van der Waals surface area (Å²) in [6.45, 7) is 3.01. The van der Waals surface area contributed by atoms with E-state index in [-0.39, 0.29) is 18.7 Å². The monoisotopic (exact) mass is 354 g/mol. The van der Waals surface area contributed by atoms with Crippen molar-refractivity contribution in [3.05, 3.63) is 60.7 Å². The average molecular weight is 354 g/mol. The summed E-state index contributed by atoms with van der Waals surface area (Å²) in [5.74, 6) is 0. The van der Waals surface area contributed by atoms with Crippen molar-refractivity contribution >= 4 is 17.5 Å². The molecule has 5 heteroatoms. The average Bonchev–Trinajstić information content (AvgIpc) is 2.86. The molecule has 1 amide bonds. The van der Waals surface area contributed by atoms with Crippen LogP contribution in [-0.2, 0) is 4.74 Å². The van der Waals surface area contributed by atoms with Crippen molar-refractivity contribution in [1.29, 1.82) is 0 Å². The fourth-order valence-electron chi connectivity index (χ4n) is 3.51. The minimum Gasteiger partial charge on any atom is -0.450 e. The molecule has 0 bridgehead atoms. The number of rotatable bonds is 4. The number of aliphatic hydroxyl groups is 1. The lowest BCUT2D eigenvalue weighted by molar-refractivity contribution is 0.0767. The van der Waals surface area contributed by atoms with E-state index in [0.717, 1.165) is 24.2 Å². The van der Waals surface area contributed by atoms with Gasteiger partial charge in [-0.3, -0.25) is 0 Å². The molecule has 1 aliphatic heterocycles. The van der Waals surface area contributed by atoms with Crippen LogP contribution >= 0.6 is 0 Å². The molecule has 0 aliphatic carbocycles. The molecule has 0 aromatic heterocycles. The Bertz CT molecular complexity index is 653. The number of anilines is 2. The highest BCUT2D eigenvalue weighted by Gasteiger charge is 2.33. The number of carbonyl (C=O) groups is 1. The Morgan fingerprint density at radius 3 is 2.23 bits per heavy atom. The van der Waals surface area contributed by atoms with Gasteiger partial charge >= 0.3 is 6.09 Å². The normalized spacial score (nSPS) is 20.3. The first-order chi connectivity index (χ1) is 12.7. The van der Waals surface area contributed by atoms with Gasteiger partial charge in [0, 0.05) is 17.9 Å². The first-order valence-corrected chi connectivity index (χ1v) is 9.19. The van der Waals surface area contributed by atoms with Crippen LogP contribution in [0.5, 0.6) is 0 Å². The number of ether oxygens (including phenoxy) is 1. The van der Waals surface area contributed by atoms with Crippen molar-refractivity contribution in [3.8, 4) is 0 Å². The lowest BCUT2D eigenvalue weighted by Crippen LogP contribution is -2.46. The predicted molar refractivity (Wildman–Crippen MR) is 103 cm³/mol. The smallest absolute Gasteiger partial charge is 0.409 e. The number of nitrogens with zero attached hydrogens (tertiary/aromatic N) is 2. The minimum absolute atomic E-state index is 0.112. The molecule has 2 aromatic rings. The molecule has 0 spiro atoms. The number of aliphatic hydroxyl groups excluding tert-OH is 1. The minimum atomic E-state index is -0.665. The van der Waals surface area contributed by atoms with Crippen molar-refractivity contribution in [3.63, 3.8) is 0 Å². The predicted octanol–water partition coefficient (Wildman–Crippen LogP) is 3.81. The molecule has 3 rings (SSSR count). The van der Waals surface area contributed by atoms with Gasteiger partial charge in [-0.25, -0.2) is 4.79 Å². The second-order valence-electron chi connectivity index (χ2n) is 6.46. The molecule has 1 heterocycles. The third-order valence-electron chi connectivity index (χ3n) is 4.71. The van der Waals surface area contributed by atoms with Crippen LogP contribution < -0.4 is 4.90 Å². The fourth-order valence-corrected chi connectivity index (χ4v) is 3.51. The third kappa shape index (κ3) is 4.17. The standard InChI is InChI=1S/C21H26N2O3/c1-2-26-21(25)22-15-9-14-19(20(24)16-22)23(17-10-5-3-6-11-17)18-12-7-4-8-13-18/h3-8,10-13,19-20,24H,2,9,14-16H2,1H3/t19-,20+/m1/s1. The number of likely N-dealkylation sites (tertiary alicyclic amines) is 1. The Balaban J connectivity index is 1.88. The van der Waals surface area contributed by atoms with Gasteiger partial charge in [-0.15, -0.1) is 0 Å². The summed E-state index contributed by atoms with van der Waals surface area (Å²) in [5.41, 5.74) is 2.07. The first kappa shape index (κ1) is 18.3. The lowest BCUT2D eigenvalue weighted by Gasteiger charge is -2.36. The summed E-state index contributed by atoms with van der Waals surface area (Å²) in [7, 11) is 0. The van der Waals surface area contributed by atoms with E-state index in [1.165, 1.54) is 0 Å². The summed E-state index contributed by atoms with van der Waals surface area (Å²) < 4.78 is 5.11. The highest BCUT2D eigenvalue weighted by atomic mass is 16.6. The molecular formula is C21H26N2O3. The zero-order valence-electron chi connectivity index (χ0n) is 15.1. The van der Waals surface area contributed by atoms with E-state index in [9.17, 15) is 9.90 Å². The summed E-state index contributed by atoms with van der Waals surface area (Å²) in [5, 5.41) is 10.9. The molecule has 138 valence electrons.